The molecule has 3 aromatic rings. The fourth-order valence-corrected chi connectivity index (χ4v) is 4.24. The Kier molecular flexibility index (Phi) is 8.83. The van der Waals surface area contributed by atoms with Gasteiger partial charge in [-0.2, -0.15) is 13.2 Å². The summed E-state index contributed by atoms with van der Waals surface area (Å²) in [6.07, 6.45) is -0.576. The highest BCUT2D eigenvalue weighted by Gasteiger charge is 2.38. The highest BCUT2D eigenvalue weighted by Crippen LogP contribution is 2.24. The number of rotatable bonds is 3. The molecule has 0 saturated carbocycles. The van der Waals surface area contributed by atoms with Gasteiger partial charge in [0.2, 0.25) is 0 Å². The molecule has 3 heterocycles. The Bertz CT molecular complexity index is 1210. The van der Waals surface area contributed by atoms with Gasteiger partial charge in [-0.25, -0.2) is 14.6 Å². The highest BCUT2D eigenvalue weighted by molar-refractivity contribution is 7.13. The molecule has 0 aliphatic carbocycles. The van der Waals surface area contributed by atoms with Crippen LogP contribution in [0.25, 0.3) is 0 Å². The molecule has 4 rings (SSSR count). The molecule has 0 saturated heterocycles. The Balaban J connectivity index is 0.000000454. The van der Waals surface area contributed by atoms with E-state index in [0.29, 0.717) is 47.3 Å². The van der Waals surface area contributed by atoms with Crippen molar-refractivity contribution in [3.05, 3.63) is 69.4 Å². The predicted molar refractivity (Wildman–Crippen MR) is 127 cm³/mol. The summed E-state index contributed by atoms with van der Waals surface area (Å²) in [7, 11) is 0. The molecule has 36 heavy (non-hydrogen) atoms. The first-order chi connectivity index (χ1) is 17.0. The Morgan fingerprint density at radius 2 is 1.75 bits per heavy atom. The van der Waals surface area contributed by atoms with Gasteiger partial charge in [0.15, 0.2) is 5.01 Å². The molecule has 1 aliphatic heterocycles. The van der Waals surface area contributed by atoms with Crippen LogP contribution < -0.4 is 10.6 Å². The third-order valence-electron chi connectivity index (χ3n) is 4.72. The number of halogens is 4. The van der Waals surface area contributed by atoms with Gasteiger partial charge in [-0.05, 0) is 30.3 Å². The van der Waals surface area contributed by atoms with Crippen molar-refractivity contribution in [2.24, 2.45) is 0 Å². The average Bonchev–Trinajstić information content (AvgIpc) is 3.12. The number of urea groups is 1. The summed E-state index contributed by atoms with van der Waals surface area (Å²) in [6.45, 7) is 1.10. The summed E-state index contributed by atoms with van der Waals surface area (Å²) < 4.78 is 31.7. The number of benzene rings is 1. The molecule has 0 atom stereocenters. The minimum Gasteiger partial charge on any atom is -0.475 e. The Morgan fingerprint density at radius 1 is 1.06 bits per heavy atom. The van der Waals surface area contributed by atoms with Gasteiger partial charge in [0, 0.05) is 47.7 Å². The maximum Gasteiger partial charge on any atom is 0.490 e. The minimum atomic E-state index is -5.08. The zero-order valence-electron chi connectivity index (χ0n) is 18.4. The summed E-state index contributed by atoms with van der Waals surface area (Å²) >= 11 is 7.35. The van der Waals surface area contributed by atoms with Crippen LogP contribution in [0.2, 0.25) is 5.02 Å². The fraction of sp³-hybridized carbons (Fsp3) is 0.227. The van der Waals surface area contributed by atoms with Gasteiger partial charge < -0.3 is 20.6 Å². The van der Waals surface area contributed by atoms with E-state index in [1.54, 1.807) is 53.7 Å². The Labute approximate surface area is 211 Å². The monoisotopic (exact) mass is 541 g/mol. The third kappa shape index (κ3) is 7.65. The number of carbonyl (C=O) groups is 3. The number of aliphatic carboxylic acids is 1. The van der Waals surface area contributed by atoms with Gasteiger partial charge in [-0.15, -0.1) is 11.3 Å². The standard InChI is InChI=1S/C20H18ClN5O2S.C2HF3O2/c21-13-3-1-4-14(11-13)24-20(28)26-9-6-16-17(7-10-26)29-19(25-16)18(27)23-15-5-2-8-22-12-15;3-2(4,5)1(6)7/h1-5,8,11-12H,6-7,9-10H2,(H,23,27)(H,24,28);(H,6,7). The molecule has 1 aliphatic rings. The number of thiazole rings is 1. The summed E-state index contributed by atoms with van der Waals surface area (Å²) in [5.41, 5.74) is 2.17. The summed E-state index contributed by atoms with van der Waals surface area (Å²) in [5.74, 6) is -3.00. The van der Waals surface area contributed by atoms with Crippen molar-refractivity contribution in [2.45, 2.75) is 19.0 Å². The first-order valence-corrected chi connectivity index (χ1v) is 11.5. The van der Waals surface area contributed by atoms with Crippen molar-refractivity contribution >= 4 is 52.2 Å². The largest absolute Gasteiger partial charge is 0.490 e. The third-order valence-corrected chi connectivity index (χ3v) is 6.12. The molecule has 190 valence electrons. The molecule has 0 bridgehead atoms. The molecule has 3 N–H and O–H groups in total. The number of alkyl halides is 3. The second kappa shape index (κ2) is 11.8. The molecular formula is C22H19ClF3N5O4S. The number of hydrogen-bond acceptors (Lipinski definition) is 6. The van der Waals surface area contributed by atoms with Crippen molar-refractivity contribution in [1.82, 2.24) is 14.9 Å². The quantitative estimate of drug-likeness (QED) is 0.441. The molecule has 2 aromatic heterocycles. The first kappa shape index (κ1) is 26.9. The number of amides is 3. The van der Waals surface area contributed by atoms with Gasteiger partial charge in [-0.1, -0.05) is 17.7 Å². The van der Waals surface area contributed by atoms with E-state index in [4.69, 9.17) is 21.5 Å². The van der Waals surface area contributed by atoms with Crippen LogP contribution in [0.1, 0.15) is 20.4 Å². The number of pyridine rings is 1. The predicted octanol–water partition coefficient (Wildman–Crippen LogP) is 4.71. The van der Waals surface area contributed by atoms with Crippen molar-refractivity contribution in [3.8, 4) is 0 Å². The van der Waals surface area contributed by atoms with E-state index in [1.165, 1.54) is 11.3 Å². The van der Waals surface area contributed by atoms with Crippen LogP contribution >= 0.6 is 22.9 Å². The number of carboxylic acid groups (broad SMARTS) is 1. The molecule has 14 heteroatoms. The Morgan fingerprint density at radius 3 is 2.39 bits per heavy atom. The molecule has 3 amide bonds. The van der Waals surface area contributed by atoms with Gasteiger partial charge in [0.1, 0.15) is 0 Å². The second-order valence-electron chi connectivity index (χ2n) is 7.32. The van der Waals surface area contributed by atoms with E-state index in [-0.39, 0.29) is 11.9 Å². The van der Waals surface area contributed by atoms with E-state index >= 15 is 0 Å². The van der Waals surface area contributed by atoms with E-state index in [9.17, 15) is 22.8 Å². The molecule has 0 fully saturated rings. The van der Waals surface area contributed by atoms with Crippen LogP contribution in [0, 0.1) is 0 Å². The van der Waals surface area contributed by atoms with Gasteiger partial charge in [0.25, 0.3) is 5.91 Å². The van der Waals surface area contributed by atoms with E-state index in [0.717, 1.165) is 10.6 Å². The number of nitrogens with zero attached hydrogens (tertiary/aromatic N) is 3. The lowest BCUT2D eigenvalue weighted by Gasteiger charge is -2.20. The molecular weight excluding hydrogens is 523 g/mol. The van der Waals surface area contributed by atoms with Crippen molar-refractivity contribution in [1.29, 1.82) is 0 Å². The average molecular weight is 542 g/mol. The molecule has 9 nitrogen and oxygen atoms in total. The van der Waals surface area contributed by atoms with Crippen molar-refractivity contribution in [2.75, 3.05) is 23.7 Å². The smallest absolute Gasteiger partial charge is 0.475 e. The van der Waals surface area contributed by atoms with E-state index in [1.807, 2.05) is 0 Å². The summed E-state index contributed by atoms with van der Waals surface area (Å²) in [4.78, 5) is 45.2. The number of carbonyl (C=O) groups excluding carboxylic acids is 2. The lowest BCUT2D eigenvalue weighted by Crippen LogP contribution is -2.36. The van der Waals surface area contributed by atoms with Crippen molar-refractivity contribution in [3.63, 3.8) is 0 Å². The number of carboxylic acids is 1. The topological polar surface area (TPSA) is 125 Å². The van der Waals surface area contributed by atoms with E-state index in [2.05, 4.69) is 20.6 Å². The first-order valence-electron chi connectivity index (χ1n) is 10.3. The number of nitrogens with one attached hydrogen (secondary N) is 2. The lowest BCUT2D eigenvalue weighted by molar-refractivity contribution is -0.192. The summed E-state index contributed by atoms with van der Waals surface area (Å²) in [6, 6.07) is 10.4. The van der Waals surface area contributed by atoms with Gasteiger partial charge in [0.05, 0.1) is 17.6 Å². The normalized spacial score (nSPS) is 12.9. The van der Waals surface area contributed by atoms with Crippen LogP contribution in [-0.4, -0.2) is 57.1 Å². The van der Waals surface area contributed by atoms with Gasteiger partial charge >= 0.3 is 18.2 Å². The fourth-order valence-electron chi connectivity index (χ4n) is 3.05. The molecule has 0 spiro atoms. The van der Waals surface area contributed by atoms with Crippen LogP contribution in [0.5, 0.6) is 0 Å². The SMILES string of the molecule is O=C(Nc1cccnc1)c1nc2c(s1)CCN(C(=O)Nc1cccc(Cl)c1)CC2.O=C(O)C(F)(F)F. The molecule has 1 aromatic carbocycles. The van der Waals surface area contributed by atoms with Crippen LogP contribution in [0.3, 0.4) is 0 Å². The number of fused-ring (bicyclic) bond motifs is 1. The maximum atomic E-state index is 12.6. The lowest BCUT2D eigenvalue weighted by atomic mass is 10.2. The molecule has 0 unspecified atom stereocenters. The number of aromatic nitrogens is 2. The van der Waals surface area contributed by atoms with Crippen LogP contribution in [0.4, 0.5) is 29.3 Å². The van der Waals surface area contributed by atoms with Crippen LogP contribution in [0.15, 0.2) is 48.8 Å². The van der Waals surface area contributed by atoms with Gasteiger partial charge in [-0.3, -0.25) is 9.78 Å². The maximum absolute atomic E-state index is 12.6. The number of anilines is 2. The highest BCUT2D eigenvalue weighted by atomic mass is 35.5. The molecule has 0 radical (unpaired) electrons. The minimum absolute atomic E-state index is 0.169. The number of hydrogen-bond donors (Lipinski definition) is 3. The Hall–Kier alpha value is -3.71. The zero-order chi connectivity index (χ0) is 26.3. The van der Waals surface area contributed by atoms with Crippen LogP contribution in [-0.2, 0) is 17.6 Å². The summed E-state index contributed by atoms with van der Waals surface area (Å²) in [5, 5.41) is 13.8. The van der Waals surface area contributed by atoms with E-state index < -0.39 is 12.1 Å². The zero-order valence-corrected chi connectivity index (χ0v) is 20.0. The van der Waals surface area contributed by atoms with Crippen molar-refractivity contribution < 1.29 is 32.7 Å². The second-order valence-corrected chi connectivity index (χ2v) is 8.84.